The highest BCUT2D eigenvalue weighted by molar-refractivity contribution is 5.68. The lowest BCUT2D eigenvalue weighted by Crippen LogP contribution is -2.46. The van der Waals surface area contributed by atoms with Crippen molar-refractivity contribution in [3.05, 3.63) is 0 Å². The molecule has 2 saturated heterocycles. The van der Waals surface area contributed by atoms with Crippen molar-refractivity contribution in [1.82, 2.24) is 4.90 Å². The minimum Gasteiger partial charge on any atom is -0.444 e. The van der Waals surface area contributed by atoms with E-state index in [9.17, 15) is 4.79 Å². The number of hydrogen-bond donors (Lipinski definition) is 0. The van der Waals surface area contributed by atoms with Crippen molar-refractivity contribution in [1.29, 1.82) is 0 Å². The lowest BCUT2D eigenvalue weighted by Gasteiger charge is -2.36. The maximum absolute atomic E-state index is 12.1. The molecule has 2 heterocycles. The van der Waals surface area contributed by atoms with Crippen LogP contribution in [-0.2, 0) is 9.47 Å². The van der Waals surface area contributed by atoms with Gasteiger partial charge in [-0.25, -0.2) is 4.79 Å². The summed E-state index contributed by atoms with van der Waals surface area (Å²) in [6, 6.07) is 0. The van der Waals surface area contributed by atoms with E-state index < -0.39 is 5.60 Å². The molecule has 2 atom stereocenters. The quantitative estimate of drug-likeness (QED) is 0.712. The van der Waals surface area contributed by atoms with E-state index in [0.717, 1.165) is 39.0 Å². The molecule has 4 heteroatoms. The predicted molar refractivity (Wildman–Crippen MR) is 69.5 cm³/mol. The molecule has 2 fully saturated rings. The number of piperidine rings is 1. The largest absolute Gasteiger partial charge is 0.444 e. The molecule has 0 unspecified atom stereocenters. The summed E-state index contributed by atoms with van der Waals surface area (Å²) in [6.45, 7) is 10.3. The van der Waals surface area contributed by atoms with Crippen LogP contribution in [0.4, 0.5) is 4.79 Å². The van der Waals surface area contributed by atoms with Crippen molar-refractivity contribution in [2.24, 2.45) is 5.92 Å². The second kappa shape index (κ2) is 4.72. The van der Waals surface area contributed by atoms with Gasteiger partial charge in [0.05, 0.1) is 12.2 Å². The number of hydrogen-bond acceptors (Lipinski definition) is 3. The third-order valence-corrected chi connectivity index (χ3v) is 3.93. The standard InChI is InChI=1S/C14H25NO3/c1-5-14(10-17-14)11-7-6-8-15(9-11)12(16)18-13(2,3)4/h11H,5-10H2,1-4H3/t11-,14+/m1/s1. The maximum Gasteiger partial charge on any atom is 0.410 e. The third kappa shape index (κ3) is 2.97. The number of carbonyl (C=O) groups is 1. The summed E-state index contributed by atoms with van der Waals surface area (Å²) in [5, 5.41) is 0. The first-order chi connectivity index (χ1) is 8.36. The molecule has 104 valence electrons. The molecule has 1 amide bonds. The van der Waals surface area contributed by atoms with E-state index in [-0.39, 0.29) is 11.7 Å². The Morgan fingerprint density at radius 1 is 1.50 bits per heavy atom. The smallest absolute Gasteiger partial charge is 0.410 e. The molecule has 0 spiro atoms. The zero-order valence-electron chi connectivity index (χ0n) is 12.0. The van der Waals surface area contributed by atoms with Gasteiger partial charge in [-0.05, 0) is 40.0 Å². The summed E-state index contributed by atoms with van der Waals surface area (Å²) in [4.78, 5) is 13.9. The third-order valence-electron chi connectivity index (χ3n) is 3.93. The topological polar surface area (TPSA) is 42.1 Å². The van der Waals surface area contributed by atoms with E-state index in [1.54, 1.807) is 0 Å². The Morgan fingerprint density at radius 2 is 2.17 bits per heavy atom. The fourth-order valence-corrected chi connectivity index (χ4v) is 2.72. The van der Waals surface area contributed by atoms with Crippen molar-refractivity contribution in [3.63, 3.8) is 0 Å². The Kier molecular flexibility index (Phi) is 3.58. The molecule has 0 saturated carbocycles. The normalized spacial score (nSPS) is 32.2. The average Bonchev–Trinajstić information content (AvgIpc) is 3.08. The van der Waals surface area contributed by atoms with Crippen LogP contribution in [0.1, 0.15) is 47.0 Å². The summed E-state index contributed by atoms with van der Waals surface area (Å²) >= 11 is 0. The number of ether oxygens (including phenoxy) is 2. The summed E-state index contributed by atoms with van der Waals surface area (Å²) in [5.41, 5.74) is -0.358. The Balaban J connectivity index is 1.93. The van der Waals surface area contributed by atoms with Crippen LogP contribution in [-0.4, -0.2) is 41.9 Å². The molecule has 2 rings (SSSR count). The molecular formula is C14H25NO3. The summed E-state index contributed by atoms with van der Waals surface area (Å²) in [7, 11) is 0. The van der Waals surface area contributed by atoms with Crippen molar-refractivity contribution >= 4 is 6.09 Å². The number of likely N-dealkylation sites (tertiary alicyclic amines) is 1. The molecule has 4 nitrogen and oxygen atoms in total. The first-order valence-electron chi connectivity index (χ1n) is 6.98. The van der Waals surface area contributed by atoms with Gasteiger partial charge in [0, 0.05) is 19.0 Å². The first kappa shape index (κ1) is 13.7. The number of epoxide rings is 1. The number of amides is 1. The molecular weight excluding hydrogens is 230 g/mol. The first-order valence-corrected chi connectivity index (χ1v) is 6.98. The zero-order valence-corrected chi connectivity index (χ0v) is 12.0. The minimum atomic E-state index is -0.414. The molecule has 0 aromatic heterocycles. The van der Waals surface area contributed by atoms with Gasteiger partial charge >= 0.3 is 6.09 Å². The second-order valence-electron chi connectivity index (χ2n) is 6.47. The molecule has 0 aliphatic carbocycles. The Morgan fingerprint density at radius 3 is 2.67 bits per heavy atom. The van der Waals surface area contributed by atoms with Gasteiger partial charge in [-0.15, -0.1) is 0 Å². The van der Waals surface area contributed by atoms with E-state index in [2.05, 4.69) is 6.92 Å². The van der Waals surface area contributed by atoms with Gasteiger partial charge in [0.1, 0.15) is 5.60 Å². The Bertz CT molecular complexity index is 317. The molecule has 0 aromatic carbocycles. The minimum absolute atomic E-state index is 0.0562. The van der Waals surface area contributed by atoms with Crippen LogP contribution in [0.15, 0.2) is 0 Å². The highest BCUT2D eigenvalue weighted by Crippen LogP contribution is 2.42. The molecule has 0 bridgehead atoms. The predicted octanol–water partition coefficient (Wildman–Crippen LogP) is 2.81. The molecule has 18 heavy (non-hydrogen) atoms. The van der Waals surface area contributed by atoms with E-state index in [1.807, 2.05) is 25.7 Å². The Labute approximate surface area is 110 Å². The average molecular weight is 255 g/mol. The zero-order chi connectivity index (χ0) is 13.4. The van der Waals surface area contributed by atoms with Gasteiger partial charge < -0.3 is 14.4 Å². The fourth-order valence-electron chi connectivity index (χ4n) is 2.72. The number of carbonyl (C=O) groups excluding carboxylic acids is 1. The summed E-state index contributed by atoms with van der Waals surface area (Å²) < 4.78 is 11.1. The SMILES string of the molecule is CC[C@@]1([C@@H]2CCCN(C(=O)OC(C)(C)C)C2)CO1. The van der Waals surface area contributed by atoms with E-state index in [4.69, 9.17) is 9.47 Å². The van der Waals surface area contributed by atoms with Crippen LogP contribution in [0.2, 0.25) is 0 Å². The van der Waals surface area contributed by atoms with Crippen molar-refractivity contribution in [2.75, 3.05) is 19.7 Å². The summed E-state index contributed by atoms with van der Waals surface area (Å²) in [6.07, 6.45) is 3.07. The van der Waals surface area contributed by atoms with Gasteiger partial charge in [-0.1, -0.05) is 6.92 Å². The van der Waals surface area contributed by atoms with Crippen LogP contribution < -0.4 is 0 Å². The molecule has 0 aromatic rings. The van der Waals surface area contributed by atoms with E-state index in [0.29, 0.717) is 5.92 Å². The van der Waals surface area contributed by atoms with E-state index in [1.165, 1.54) is 0 Å². The number of nitrogens with zero attached hydrogens (tertiary/aromatic N) is 1. The van der Waals surface area contributed by atoms with Crippen LogP contribution >= 0.6 is 0 Å². The number of rotatable bonds is 2. The van der Waals surface area contributed by atoms with Gasteiger partial charge in [0.25, 0.3) is 0 Å². The lowest BCUT2D eigenvalue weighted by molar-refractivity contribution is 0.0106. The van der Waals surface area contributed by atoms with Gasteiger partial charge in [0.2, 0.25) is 0 Å². The Hall–Kier alpha value is -0.770. The van der Waals surface area contributed by atoms with Gasteiger partial charge in [0.15, 0.2) is 0 Å². The molecule has 2 aliphatic rings. The monoisotopic (exact) mass is 255 g/mol. The van der Waals surface area contributed by atoms with Crippen LogP contribution in [0.3, 0.4) is 0 Å². The van der Waals surface area contributed by atoms with Crippen LogP contribution in [0.25, 0.3) is 0 Å². The molecule has 0 N–H and O–H groups in total. The van der Waals surface area contributed by atoms with E-state index >= 15 is 0 Å². The fraction of sp³-hybridized carbons (Fsp3) is 0.929. The van der Waals surface area contributed by atoms with Crippen molar-refractivity contribution in [2.45, 2.75) is 58.2 Å². The van der Waals surface area contributed by atoms with Crippen LogP contribution in [0.5, 0.6) is 0 Å². The molecule has 2 aliphatic heterocycles. The van der Waals surface area contributed by atoms with Gasteiger partial charge in [-0.2, -0.15) is 0 Å². The van der Waals surface area contributed by atoms with Crippen LogP contribution in [0, 0.1) is 5.92 Å². The van der Waals surface area contributed by atoms with Crippen molar-refractivity contribution in [3.8, 4) is 0 Å². The maximum atomic E-state index is 12.1. The highest BCUT2D eigenvalue weighted by Gasteiger charge is 2.51. The van der Waals surface area contributed by atoms with Crippen molar-refractivity contribution < 1.29 is 14.3 Å². The lowest BCUT2D eigenvalue weighted by atomic mass is 9.84. The highest BCUT2D eigenvalue weighted by atomic mass is 16.6. The van der Waals surface area contributed by atoms with Gasteiger partial charge in [-0.3, -0.25) is 0 Å². The second-order valence-corrected chi connectivity index (χ2v) is 6.47. The molecule has 0 radical (unpaired) electrons. The summed E-state index contributed by atoms with van der Waals surface area (Å²) in [5.74, 6) is 0.476.